The molecule has 0 amide bonds. The van der Waals surface area contributed by atoms with Gasteiger partial charge in [0.05, 0.1) is 13.2 Å². The second-order valence-electron chi connectivity index (χ2n) is 3.43. The molecule has 0 radical (unpaired) electrons. The van der Waals surface area contributed by atoms with Crippen LogP contribution in [0.1, 0.15) is 17.4 Å². The van der Waals surface area contributed by atoms with Gasteiger partial charge in [-0.25, -0.2) is 0 Å². The van der Waals surface area contributed by atoms with Gasteiger partial charge in [0.15, 0.2) is 0 Å². The van der Waals surface area contributed by atoms with Gasteiger partial charge in [0, 0.05) is 18.0 Å². The molecule has 3 nitrogen and oxygen atoms in total. The van der Waals surface area contributed by atoms with E-state index in [-0.39, 0.29) is 0 Å². The molecule has 0 aliphatic rings. The van der Waals surface area contributed by atoms with Crippen LogP contribution in [0.4, 0.5) is 0 Å². The molecule has 1 aromatic heterocycles. The van der Waals surface area contributed by atoms with Gasteiger partial charge in [-0.1, -0.05) is 12.1 Å². The predicted molar refractivity (Wildman–Crippen MR) is 67.8 cm³/mol. The molecule has 1 heterocycles. The van der Waals surface area contributed by atoms with Crippen molar-refractivity contribution in [1.82, 2.24) is 5.32 Å². The zero-order chi connectivity index (χ0) is 11.6. The van der Waals surface area contributed by atoms with Crippen molar-refractivity contribution in [2.45, 2.75) is 12.5 Å². The Labute approximate surface area is 101 Å². The second kappa shape index (κ2) is 8.47. The summed E-state index contributed by atoms with van der Waals surface area (Å²) in [7, 11) is 0. The predicted octanol–water partition coefficient (Wildman–Crippen LogP) is 1.96. The Balaban J connectivity index is 1.97. The third-order valence-corrected chi connectivity index (χ3v) is 3.07. The Hall–Kier alpha value is -0.680. The average Bonchev–Trinajstić information content (AvgIpc) is 2.81. The van der Waals surface area contributed by atoms with E-state index in [0.29, 0.717) is 13.2 Å². The van der Waals surface area contributed by atoms with E-state index in [2.05, 4.69) is 11.9 Å². The molecule has 1 unspecified atom stereocenters. The van der Waals surface area contributed by atoms with E-state index in [1.54, 1.807) is 11.3 Å². The molecule has 0 saturated carbocycles. The lowest BCUT2D eigenvalue weighted by Gasteiger charge is -2.10. The number of rotatable bonds is 9. The lowest BCUT2D eigenvalue weighted by atomic mass is 10.3. The molecule has 4 heteroatoms. The zero-order valence-corrected chi connectivity index (χ0v) is 10.2. The Kier molecular flexibility index (Phi) is 7.09. The van der Waals surface area contributed by atoms with Gasteiger partial charge in [0.2, 0.25) is 0 Å². The second-order valence-corrected chi connectivity index (χ2v) is 4.40. The molecule has 0 bridgehead atoms. The molecule has 0 fully saturated rings. The van der Waals surface area contributed by atoms with Gasteiger partial charge in [-0.15, -0.1) is 17.9 Å². The van der Waals surface area contributed by atoms with E-state index in [9.17, 15) is 5.11 Å². The smallest absolute Gasteiger partial charge is 0.101 e. The molecule has 0 aromatic carbocycles. The average molecular weight is 241 g/mol. The van der Waals surface area contributed by atoms with Gasteiger partial charge < -0.3 is 15.2 Å². The van der Waals surface area contributed by atoms with Gasteiger partial charge >= 0.3 is 0 Å². The van der Waals surface area contributed by atoms with Crippen molar-refractivity contribution in [3.63, 3.8) is 0 Å². The Bertz CT molecular complexity index is 275. The van der Waals surface area contributed by atoms with Crippen LogP contribution in [0.15, 0.2) is 30.2 Å². The fourth-order valence-corrected chi connectivity index (χ4v) is 1.95. The molecular formula is C12H19NO2S. The van der Waals surface area contributed by atoms with Crippen LogP contribution in [0.5, 0.6) is 0 Å². The molecule has 1 rings (SSSR count). The monoisotopic (exact) mass is 241 g/mol. The zero-order valence-electron chi connectivity index (χ0n) is 9.39. The van der Waals surface area contributed by atoms with Crippen LogP contribution in [0.25, 0.3) is 0 Å². The lowest BCUT2D eigenvalue weighted by molar-refractivity contribution is 0.132. The van der Waals surface area contributed by atoms with Gasteiger partial charge in [0.1, 0.15) is 6.10 Å². The van der Waals surface area contributed by atoms with Crippen molar-refractivity contribution < 1.29 is 9.84 Å². The molecular weight excluding hydrogens is 222 g/mol. The minimum atomic E-state index is -0.409. The normalized spacial score (nSPS) is 12.6. The van der Waals surface area contributed by atoms with Crippen LogP contribution in [0, 0.1) is 0 Å². The van der Waals surface area contributed by atoms with E-state index < -0.39 is 6.10 Å². The first-order chi connectivity index (χ1) is 7.84. The topological polar surface area (TPSA) is 41.5 Å². The van der Waals surface area contributed by atoms with Gasteiger partial charge in [-0.3, -0.25) is 0 Å². The fraction of sp³-hybridized carbons (Fsp3) is 0.500. The first-order valence-electron chi connectivity index (χ1n) is 5.45. The summed E-state index contributed by atoms with van der Waals surface area (Å²) in [5.41, 5.74) is 0. The van der Waals surface area contributed by atoms with E-state index in [1.807, 2.05) is 23.6 Å². The van der Waals surface area contributed by atoms with Crippen LogP contribution in [-0.2, 0) is 4.74 Å². The van der Waals surface area contributed by atoms with E-state index >= 15 is 0 Å². The summed E-state index contributed by atoms with van der Waals surface area (Å²) < 4.78 is 5.33. The summed E-state index contributed by atoms with van der Waals surface area (Å²) in [5, 5.41) is 14.9. The molecule has 2 N–H and O–H groups in total. The minimum Gasteiger partial charge on any atom is -0.386 e. The van der Waals surface area contributed by atoms with E-state index in [4.69, 9.17) is 4.74 Å². The van der Waals surface area contributed by atoms with Crippen LogP contribution < -0.4 is 5.32 Å². The Morgan fingerprint density at radius 3 is 3.12 bits per heavy atom. The number of hydrogen-bond acceptors (Lipinski definition) is 4. The summed E-state index contributed by atoms with van der Waals surface area (Å²) in [6, 6.07) is 3.89. The van der Waals surface area contributed by atoms with Crippen LogP contribution >= 0.6 is 11.3 Å². The summed E-state index contributed by atoms with van der Waals surface area (Å²) >= 11 is 1.57. The standard InChI is InChI=1S/C12H19NO2S/c1-2-3-7-15-8-6-13-10-11(14)12-5-4-9-16-12/h2,4-5,9,11,13-14H,1,3,6-8,10H2. The summed E-state index contributed by atoms with van der Waals surface area (Å²) in [6.07, 6.45) is 2.32. The maximum atomic E-state index is 9.74. The maximum Gasteiger partial charge on any atom is 0.101 e. The van der Waals surface area contributed by atoms with E-state index in [1.165, 1.54) is 0 Å². The third kappa shape index (κ3) is 5.42. The van der Waals surface area contributed by atoms with Crippen molar-refractivity contribution in [1.29, 1.82) is 0 Å². The van der Waals surface area contributed by atoms with Gasteiger partial charge in [-0.05, 0) is 17.9 Å². The van der Waals surface area contributed by atoms with Crippen molar-refractivity contribution >= 4 is 11.3 Å². The quantitative estimate of drug-likeness (QED) is 0.513. The van der Waals surface area contributed by atoms with Crippen molar-refractivity contribution in [2.75, 3.05) is 26.3 Å². The molecule has 1 atom stereocenters. The molecule has 90 valence electrons. The highest BCUT2D eigenvalue weighted by Gasteiger charge is 2.06. The van der Waals surface area contributed by atoms with E-state index in [0.717, 1.165) is 24.4 Å². The Morgan fingerprint density at radius 1 is 1.56 bits per heavy atom. The number of aliphatic hydroxyl groups excluding tert-OH is 1. The molecule has 0 aliphatic carbocycles. The van der Waals surface area contributed by atoms with Crippen molar-refractivity contribution in [3.8, 4) is 0 Å². The minimum absolute atomic E-state index is 0.409. The molecule has 1 aromatic rings. The molecule has 0 aliphatic heterocycles. The SMILES string of the molecule is C=CCCOCCNCC(O)c1cccs1. The van der Waals surface area contributed by atoms with Crippen molar-refractivity contribution in [3.05, 3.63) is 35.0 Å². The van der Waals surface area contributed by atoms with Crippen LogP contribution in [-0.4, -0.2) is 31.4 Å². The number of hydrogen-bond donors (Lipinski definition) is 2. The van der Waals surface area contributed by atoms with Gasteiger partial charge in [0.25, 0.3) is 0 Å². The van der Waals surface area contributed by atoms with Crippen LogP contribution in [0.2, 0.25) is 0 Å². The molecule has 0 spiro atoms. The largest absolute Gasteiger partial charge is 0.386 e. The molecule has 16 heavy (non-hydrogen) atoms. The van der Waals surface area contributed by atoms with Crippen LogP contribution in [0.3, 0.4) is 0 Å². The fourth-order valence-electron chi connectivity index (χ4n) is 1.23. The third-order valence-electron chi connectivity index (χ3n) is 2.10. The number of aliphatic hydroxyl groups is 1. The Morgan fingerprint density at radius 2 is 2.44 bits per heavy atom. The maximum absolute atomic E-state index is 9.74. The summed E-state index contributed by atoms with van der Waals surface area (Å²) in [5.74, 6) is 0. The highest BCUT2D eigenvalue weighted by molar-refractivity contribution is 7.10. The number of thiophene rings is 1. The highest BCUT2D eigenvalue weighted by atomic mass is 32.1. The number of nitrogens with one attached hydrogen (secondary N) is 1. The summed E-state index contributed by atoms with van der Waals surface area (Å²) in [4.78, 5) is 1.00. The highest BCUT2D eigenvalue weighted by Crippen LogP contribution is 2.17. The lowest BCUT2D eigenvalue weighted by Crippen LogP contribution is -2.25. The first-order valence-corrected chi connectivity index (χ1v) is 6.33. The van der Waals surface area contributed by atoms with Crippen molar-refractivity contribution in [2.24, 2.45) is 0 Å². The van der Waals surface area contributed by atoms with Gasteiger partial charge in [-0.2, -0.15) is 0 Å². The number of ether oxygens (including phenoxy) is 1. The molecule has 0 saturated heterocycles. The summed E-state index contributed by atoms with van der Waals surface area (Å²) in [6.45, 7) is 6.35. The first kappa shape index (κ1) is 13.4.